The van der Waals surface area contributed by atoms with Crippen LogP contribution in [0.25, 0.3) is 0 Å². The first-order valence-electron chi connectivity index (χ1n) is 4.68. The molecule has 4 nitrogen and oxygen atoms in total. The van der Waals surface area contributed by atoms with Crippen LogP contribution in [0, 0.1) is 0 Å². The molecule has 0 heterocycles. The van der Waals surface area contributed by atoms with E-state index in [2.05, 4.69) is 0 Å². The number of aliphatic hydroxyl groups excluding tert-OH is 1. The van der Waals surface area contributed by atoms with Crippen LogP contribution in [-0.2, 0) is 4.79 Å². The predicted octanol–water partition coefficient (Wildman–Crippen LogP) is 1.59. The molecule has 0 aliphatic rings. The van der Waals surface area contributed by atoms with Gasteiger partial charge in [-0.05, 0) is 31.5 Å². The van der Waals surface area contributed by atoms with E-state index in [-0.39, 0.29) is 6.10 Å². The summed E-state index contributed by atoms with van der Waals surface area (Å²) in [6, 6.07) is 6.45. The van der Waals surface area contributed by atoms with Gasteiger partial charge in [0.1, 0.15) is 5.75 Å². The largest absolute Gasteiger partial charge is 0.491 e. The number of rotatable bonds is 4. The zero-order valence-electron chi connectivity index (χ0n) is 8.68. The molecule has 0 amide bonds. The average Bonchev–Trinajstić information content (AvgIpc) is 2.16. The molecule has 1 unspecified atom stereocenters. The highest BCUT2D eigenvalue weighted by molar-refractivity contribution is 5.74. The number of aliphatic carboxylic acids is 1. The fourth-order valence-corrected chi connectivity index (χ4v) is 1.17. The topological polar surface area (TPSA) is 66.8 Å². The molecule has 1 atom stereocenters. The number of carbonyl (C=O) groups is 1. The fraction of sp³-hybridized carbons (Fsp3) is 0.364. The average molecular weight is 210 g/mol. The van der Waals surface area contributed by atoms with E-state index < -0.39 is 12.1 Å². The molecule has 0 saturated carbocycles. The Morgan fingerprint density at radius 1 is 1.40 bits per heavy atom. The number of aliphatic hydroxyl groups is 1. The summed E-state index contributed by atoms with van der Waals surface area (Å²) in [6.45, 7) is 3.75. The molecule has 4 heteroatoms. The van der Waals surface area contributed by atoms with E-state index >= 15 is 0 Å². The van der Waals surface area contributed by atoms with Gasteiger partial charge in [-0.2, -0.15) is 0 Å². The first-order chi connectivity index (χ1) is 7.00. The van der Waals surface area contributed by atoms with E-state index in [9.17, 15) is 9.90 Å². The predicted molar refractivity (Wildman–Crippen MR) is 54.8 cm³/mol. The van der Waals surface area contributed by atoms with Crippen molar-refractivity contribution in [2.45, 2.75) is 26.1 Å². The van der Waals surface area contributed by atoms with E-state index in [0.717, 1.165) is 0 Å². The van der Waals surface area contributed by atoms with E-state index in [1.807, 2.05) is 13.8 Å². The summed E-state index contributed by atoms with van der Waals surface area (Å²) >= 11 is 0. The third-order valence-electron chi connectivity index (χ3n) is 1.78. The summed E-state index contributed by atoms with van der Waals surface area (Å²) in [4.78, 5) is 10.5. The van der Waals surface area contributed by atoms with E-state index in [4.69, 9.17) is 9.84 Å². The van der Waals surface area contributed by atoms with Crippen LogP contribution in [0.3, 0.4) is 0 Å². The molecule has 0 aromatic heterocycles. The Hall–Kier alpha value is -1.55. The second-order valence-electron chi connectivity index (χ2n) is 3.48. The Balaban J connectivity index is 2.87. The van der Waals surface area contributed by atoms with Crippen molar-refractivity contribution >= 4 is 5.97 Å². The minimum atomic E-state index is -1.50. The molecule has 1 aromatic rings. The molecule has 1 rings (SSSR count). The summed E-state index contributed by atoms with van der Waals surface area (Å²) in [5.74, 6) is -0.709. The van der Waals surface area contributed by atoms with Crippen molar-refractivity contribution in [1.29, 1.82) is 0 Å². The van der Waals surface area contributed by atoms with Crippen molar-refractivity contribution in [1.82, 2.24) is 0 Å². The Bertz CT molecular complexity index is 346. The zero-order valence-corrected chi connectivity index (χ0v) is 8.68. The third-order valence-corrected chi connectivity index (χ3v) is 1.78. The molecular weight excluding hydrogens is 196 g/mol. The molecule has 0 radical (unpaired) electrons. The van der Waals surface area contributed by atoms with Crippen LogP contribution in [0.4, 0.5) is 0 Å². The van der Waals surface area contributed by atoms with Gasteiger partial charge in [0.15, 0.2) is 6.10 Å². The van der Waals surface area contributed by atoms with Crippen LogP contribution in [0.5, 0.6) is 5.75 Å². The molecule has 0 spiro atoms. The highest BCUT2D eigenvalue weighted by Gasteiger charge is 2.16. The Labute approximate surface area is 88.1 Å². The molecule has 0 bridgehead atoms. The number of ether oxygens (including phenoxy) is 1. The highest BCUT2D eigenvalue weighted by atomic mass is 16.5. The van der Waals surface area contributed by atoms with Gasteiger partial charge in [-0.15, -0.1) is 0 Å². The molecule has 1 aromatic carbocycles. The maximum atomic E-state index is 10.5. The lowest BCUT2D eigenvalue weighted by Crippen LogP contribution is -2.11. The maximum Gasteiger partial charge on any atom is 0.337 e. The van der Waals surface area contributed by atoms with Crippen LogP contribution < -0.4 is 4.74 Å². The Kier molecular flexibility index (Phi) is 3.68. The fourth-order valence-electron chi connectivity index (χ4n) is 1.17. The Morgan fingerprint density at radius 2 is 2.07 bits per heavy atom. The summed E-state index contributed by atoms with van der Waals surface area (Å²) in [5.41, 5.74) is 0.320. The normalized spacial score (nSPS) is 12.5. The maximum absolute atomic E-state index is 10.5. The van der Waals surface area contributed by atoms with E-state index in [1.54, 1.807) is 18.2 Å². The van der Waals surface area contributed by atoms with Gasteiger partial charge in [0, 0.05) is 0 Å². The molecule has 82 valence electrons. The van der Waals surface area contributed by atoms with Crippen molar-refractivity contribution in [3.63, 3.8) is 0 Å². The first-order valence-corrected chi connectivity index (χ1v) is 4.68. The molecular formula is C11H14O4. The summed E-state index contributed by atoms with van der Waals surface area (Å²) in [6.07, 6.45) is -1.48. The Morgan fingerprint density at radius 3 is 2.60 bits per heavy atom. The van der Waals surface area contributed by atoms with E-state index in [1.165, 1.54) is 6.07 Å². The van der Waals surface area contributed by atoms with Crippen molar-refractivity contribution in [3.8, 4) is 5.75 Å². The molecule has 0 fully saturated rings. The molecule has 2 N–H and O–H groups in total. The SMILES string of the molecule is CC(C)Oc1cccc(C(O)C(=O)O)c1. The first kappa shape index (κ1) is 11.5. The third kappa shape index (κ3) is 3.25. The molecule has 0 aliphatic carbocycles. The summed E-state index contributed by atoms with van der Waals surface area (Å²) < 4.78 is 5.38. The van der Waals surface area contributed by atoms with Gasteiger partial charge < -0.3 is 14.9 Å². The van der Waals surface area contributed by atoms with Gasteiger partial charge in [-0.1, -0.05) is 12.1 Å². The van der Waals surface area contributed by atoms with Crippen molar-refractivity contribution in [2.24, 2.45) is 0 Å². The van der Waals surface area contributed by atoms with Crippen LogP contribution in [0.1, 0.15) is 25.5 Å². The standard InChI is InChI=1S/C11H14O4/c1-7(2)15-9-5-3-4-8(6-9)10(12)11(13)14/h3-7,10,12H,1-2H3,(H,13,14). The second-order valence-corrected chi connectivity index (χ2v) is 3.48. The molecule has 15 heavy (non-hydrogen) atoms. The number of benzene rings is 1. The smallest absolute Gasteiger partial charge is 0.337 e. The van der Waals surface area contributed by atoms with Crippen molar-refractivity contribution in [2.75, 3.05) is 0 Å². The van der Waals surface area contributed by atoms with Gasteiger partial charge in [-0.3, -0.25) is 0 Å². The minimum absolute atomic E-state index is 0.0159. The quantitative estimate of drug-likeness (QED) is 0.792. The van der Waals surface area contributed by atoms with Crippen molar-refractivity contribution < 1.29 is 19.7 Å². The zero-order chi connectivity index (χ0) is 11.4. The lowest BCUT2D eigenvalue weighted by Gasteiger charge is -2.12. The van der Waals surface area contributed by atoms with Crippen LogP contribution in [0.2, 0.25) is 0 Å². The lowest BCUT2D eigenvalue weighted by atomic mass is 10.1. The second kappa shape index (κ2) is 4.79. The van der Waals surface area contributed by atoms with Crippen LogP contribution in [-0.4, -0.2) is 22.3 Å². The van der Waals surface area contributed by atoms with Crippen molar-refractivity contribution in [3.05, 3.63) is 29.8 Å². The van der Waals surface area contributed by atoms with Gasteiger partial charge in [-0.25, -0.2) is 4.79 Å². The minimum Gasteiger partial charge on any atom is -0.491 e. The number of hydrogen-bond donors (Lipinski definition) is 2. The highest BCUT2D eigenvalue weighted by Crippen LogP contribution is 2.20. The number of carboxylic acids is 1. The van der Waals surface area contributed by atoms with Crippen LogP contribution >= 0.6 is 0 Å². The van der Waals surface area contributed by atoms with Gasteiger partial charge in [0.2, 0.25) is 0 Å². The van der Waals surface area contributed by atoms with Gasteiger partial charge in [0.25, 0.3) is 0 Å². The molecule has 0 saturated heterocycles. The number of carboxylic acid groups (broad SMARTS) is 1. The number of hydrogen-bond acceptors (Lipinski definition) is 3. The monoisotopic (exact) mass is 210 g/mol. The van der Waals surface area contributed by atoms with Gasteiger partial charge >= 0.3 is 5.97 Å². The van der Waals surface area contributed by atoms with E-state index in [0.29, 0.717) is 11.3 Å². The lowest BCUT2D eigenvalue weighted by molar-refractivity contribution is -0.146. The van der Waals surface area contributed by atoms with Crippen LogP contribution in [0.15, 0.2) is 24.3 Å². The summed E-state index contributed by atoms with van der Waals surface area (Å²) in [5, 5.41) is 17.9. The molecule has 0 aliphatic heterocycles. The summed E-state index contributed by atoms with van der Waals surface area (Å²) in [7, 11) is 0. The van der Waals surface area contributed by atoms with Gasteiger partial charge in [0.05, 0.1) is 6.10 Å².